The molecule has 1 heterocycles. The number of nitrogens with one attached hydrogen (secondary N) is 1. The van der Waals surface area contributed by atoms with E-state index in [1.165, 1.54) is 6.92 Å². The first kappa shape index (κ1) is 24.2. The molecule has 1 atom stereocenters. The predicted octanol–water partition coefficient (Wildman–Crippen LogP) is 4.47. The van der Waals surface area contributed by atoms with Gasteiger partial charge >= 0.3 is 12.1 Å². The van der Waals surface area contributed by atoms with E-state index in [1.807, 2.05) is 0 Å². The molecule has 1 unspecified atom stereocenters. The molecule has 28 heavy (non-hydrogen) atoms. The minimum absolute atomic E-state index is 0.0448. The summed E-state index contributed by atoms with van der Waals surface area (Å²) in [7, 11) is 0. The largest absolute Gasteiger partial charge is 0.466 e. The number of aryl methyl sites for hydroxylation is 1. The topological polar surface area (TPSA) is 94.6 Å². The third-order valence-electron chi connectivity index (χ3n) is 3.41. The molecular formula is C19H27ClN2O5S. The SMILES string of the molecule is CCOC(=O)C(CCc1cnc(NC(=O)OC(C)(C)C)c(Cl)c1)CSC(C)=O. The summed E-state index contributed by atoms with van der Waals surface area (Å²) >= 11 is 7.30. The van der Waals surface area contributed by atoms with E-state index in [0.29, 0.717) is 25.2 Å². The van der Waals surface area contributed by atoms with Crippen LogP contribution in [0, 0.1) is 5.92 Å². The van der Waals surface area contributed by atoms with Crippen molar-refractivity contribution in [1.29, 1.82) is 0 Å². The highest BCUT2D eigenvalue weighted by Gasteiger charge is 2.21. The van der Waals surface area contributed by atoms with Crippen LogP contribution in [0.25, 0.3) is 0 Å². The Labute approximate surface area is 174 Å². The molecule has 0 bridgehead atoms. The minimum atomic E-state index is -0.640. The van der Waals surface area contributed by atoms with Gasteiger partial charge in [0.05, 0.1) is 17.5 Å². The standard InChI is InChI=1S/C19H27ClN2O5S/c1-6-26-17(24)14(11-28-12(2)23)8-7-13-9-15(20)16(21-10-13)22-18(25)27-19(3,4)5/h9-10,14H,6-8,11H2,1-5H3,(H,21,22,25). The number of aromatic nitrogens is 1. The van der Waals surface area contributed by atoms with Crippen molar-refractivity contribution < 1.29 is 23.9 Å². The van der Waals surface area contributed by atoms with E-state index in [9.17, 15) is 14.4 Å². The second kappa shape index (κ2) is 11.3. The molecule has 1 N–H and O–H groups in total. The van der Waals surface area contributed by atoms with E-state index >= 15 is 0 Å². The zero-order valence-electron chi connectivity index (χ0n) is 16.8. The van der Waals surface area contributed by atoms with Crippen molar-refractivity contribution in [2.24, 2.45) is 5.92 Å². The Bertz CT molecular complexity index is 706. The van der Waals surface area contributed by atoms with Crippen molar-refractivity contribution in [3.8, 4) is 0 Å². The molecule has 0 aliphatic rings. The van der Waals surface area contributed by atoms with Crippen molar-refractivity contribution in [1.82, 2.24) is 4.98 Å². The average molecular weight is 431 g/mol. The summed E-state index contributed by atoms with van der Waals surface area (Å²) in [5.41, 5.74) is 0.179. The van der Waals surface area contributed by atoms with Crippen LogP contribution in [0.15, 0.2) is 12.3 Å². The molecule has 0 spiro atoms. The molecule has 7 nitrogen and oxygen atoms in total. The normalized spacial score (nSPS) is 12.2. The van der Waals surface area contributed by atoms with Crippen LogP contribution >= 0.6 is 23.4 Å². The second-order valence-corrected chi connectivity index (χ2v) is 8.70. The Morgan fingerprint density at radius 3 is 2.54 bits per heavy atom. The summed E-state index contributed by atoms with van der Waals surface area (Å²) in [5.74, 6) is -0.146. The lowest BCUT2D eigenvalue weighted by atomic mass is 10.0. The van der Waals surface area contributed by atoms with E-state index in [2.05, 4.69) is 10.3 Å². The third kappa shape index (κ3) is 9.41. The zero-order valence-corrected chi connectivity index (χ0v) is 18.4. The fourth-order valence-electron chi connectivity index (χ4n) is 2.19. The molecule has 1 amide bonds. The molecule has 1 rings (SSSR count). The molecule has 0 aromatic carbocycles. The van der Waals surface area contributed by atoms with Gasteiger partial charge in [0.25, 0.3) is 0 Å². The number of hydrogen-bond acceptors (Lipinski definition) is 7. The Morgan fingerprint density at radius 2 is 2.00 bits per heavy atom. The molecule has 1 aromatic heterocycles. The molecule has 0 fully saturated rings. The summed E-state index contributed by atoms with van der Waals surface area (Å²) < 4.78 is 10.3. The highest BCUT2D eigenvalue weighted by atomic mass is 35.5. The van der Waals surface area contributed by atoms with Crippen LogP contribution < -0.4 is 5.32 Å². The number of rotatable bonds is 8. The highest BCUT2D eigenvalue weighted by Crippen LogP contribution is 2.23. The molecule has 0 aliphatic carbocycles. The zero-order chi connectivity index (χ0) is 21.3. The first-order chi connectivity index (χ1) is 13.0. The lowest BCUT2D eigenvalue weighted by Crippen LogP contribution is -2.27. The number of carbonyl (C=O) groups is 3. The van der Waals surface area contributed by atoms with Crippen LogP contribution in [0.1, 0.15) is 46.6 Å². The fourth-order valence-corrected chi connectivity index (χ4v) is 3.17. The number of carbonyl (C=O) groups excluding carboxylic acids is 3. The summed E-state index contributed by atoms with van der Waals surface area (Å²) in [6.07, 6.45) is 1.97. The van der Waals surface area contributed by atoms with Gasteiger partial charge in [0.1, 0.15) is 5.60 Å². The molecule has 156 valence electrons. The lowest BCUT2D eigenvalue weighted by Gasteiger charge is -2.19. The quantitative estimate of drug-likeness (QED) is 0.607. The van der Waals surface area contributed by atoms with Gasteiger partial charge in [0.2, 0.25) is 0 Å². The van der Waals surface area contributed by atoms with Crippen LogP contribution in [0.3, 0.4) is 0 Å². The van der Waals surface area contributed by atoms with Crippen LogP contribution in [0.2, 0.25) is 5.02 Å². The number of hydrogen-bond donors (Lipinski definition) is 1. The Kier molecular flexibility index (Phi) is 9.75. The van der Waals surface area contributed by atoms with Crippen molar-refractivity contribution in [3.63, 3.8) is 0 Å². The number of thioether (sulfide) groups is 1. The number of halogens is 1. The number of pyridine rings is 1. The number of anilines is 1. The second-order valence-electron chi connectivity index (χ2n) is 7.09. The van der Waals surface area contributed by atoms with E-state index in [4.69, 9.17) is 21.1 Å². The van der Waals surface area contributed by atoms with Crippen molar-refractivity contribution in [2.75, 3.05) is 17.7 Å². The third-order valence-corrected chi connectivity index (χ3v) is 4.67. The van der Waals surface area contributed by atoms with Gasteiger partial charge in [0, 0.05) is 18.9 Å². The van der Waals surface area contributed by atoms with E-state index in [1.54, 1.807) is 40.0 Å². The number of nitrogens with zero attached hydrogens (tertiary/aromatic N) is 1. The fraction of sp³-hybridized carbons (Fsp3) is 0.579. The van der Waals surface area contributed by atoms with Crippen LogP contribution in [0.5, 0.6) is 0 Å². The van der Waals surface area contributed by atoms with Gasteiger partial charge in [-0.3, -0.25) is 14.9 Å². The van der Waals surface area contributed by atoms with Crippen LogP contribution in [-0.4, -0.2) is 40.1 Å². The summed E-state index contributed by atoms with van der Waals surface area (Å²) in [6.45, 7) is 8.78. The van der Waals surface area contributed by atoms with Gasteiger partial charge in [0.15, 0.2) is 10.9 Å². The van der Waals surface area contributed by atoms with Crippen molar-refractivity contribution >= 4 is 46.4 Å². The molecule has 0 aliphatic heterocycles. The summed E-state index contributed by atoms with van der Waals surface area (Å²) in [5, 5.41) is 2.73. The van der Waals surface area contributed by atoms with E-state index < -0.39 is 17.6 Å². The molecular weight excluding hydrogens is 404 g/mol. The first-order valence-corrected chi connectivity index (χ1v) is 10.3. The number of esters is 1. The first-order valence-electron chi connectivity index (χ1n) is 8.96. The van der Waals surface area contributed by atoms with E-state index in [-0.39, 0.29) is 21.9 Å². The maximum Gasteiger partial charge on any atom is 0.413 e. The van der Waals surface area contributed by atoms with Crippen molar-refractivity contribution in [2.45, 2.75) is 53.1 Å². The monoisotopic (exact) mass is 430 g/mol. The Balaban J connectivity index is 2.72. The number of amides is 1. The number of ether oxygens (including phenoxy) is 2. The summed E-state index contributed by atoms with van der Waals surface area (Å²) in [4.78, 5) is 39.3. The van der Waals surface area contributed by atoms with Gasteiger partial charge in [-0.15, -0.1) is 0 Å². The van der Waals surface area contributed by atoms with Gasteiger partial charge in [-0.2, -0.15) is 0 Å². The maximum atomic E-state index is 12.1. The predicted molar refractivity (Wildman–Crippen MR) is 111 cm³/mol. The lowest BCUT2D eigenvalue weighted by molar-refractivity contribution is -0.147. The molecule has 0 saturated carbocycles. The van der Waals surface area contributed by atoms with E-state index in [0.717, 1.165) is 17.3 Å². The Morgan fingerprint density at radius 1 is 1.32 bits per heavy atom. The summed E-state index contributed by atoms with van der Waals surface area (Å²) in [6, 6.07) is 1.68. The molecule has 0 radical (unpaired) electrons. The van der Waals surface area contributed by atoms with Crippen LogP contribution in [-0.2, 0) is 25.5 Å². The van der Waals surface area contributed by atoms with Gasteiger partial charge in [-0.25, -0.2) is 9.78 Å². The molecule has 0 saturated heterocycles. The van der Waals surface area contributed by atoms with Crippen LogP contribution in [0.4, 0.5) is 10.6 Å². The molecule has 1 aromatic rings. The maximum absolute atomic E-state index is 12.1. The van der Waals surface area contributed by atoms with Crippen molar-refractivity contribution in [3.05, 3.63) is 22.8 Å². The van der Waals surface area contributed by atoms with Gasteiger partial charge in [-0.1, -0.05) is 23.4 Å². The minimum Gasteiger partial charge on any atom is -0.466 e. The smallest absolute Gasteiger partial charge is 0.413 e. The average Bonchev–Trinajstić information content (AvgIpc) is 2.55. The van der Waals surface area contributed by atoms with Gasteiger partial charge in [-0.05, 0) is 52.2 Å². The van der Waals surface area contributed by atoms with Gasteiger partial charge < -0.3 is 9.47 Å². The highest BCUT2D eigenvalue weighted by molar-refractivity contribution is 8.13. The molecule has 9 heteroatoms. The Hall–Kier alpha value is -1.80.